The lowest BCUT2D eigenvalue weighted by Gasteiger charge is -2.15. The van der Waals surface area contributed by atoms with Crippen LogP contribution in [0.3, 0.4) is 0 Å². The van der Waals surface area contributed by atoms with Gasteiger partial charge in [-0.25, -0.2) is 0 Å². The van der Waals surface area contributed by atoms with Crippen LogP contribution in [0.1, 0.15) is 11.1 Å². The van der Waals surface area contributed by atoms with E-state index in [9.17, 15) is 4.79 Å². The Balaban J connectivity index is 1.85. The van der Waals surface area contributed by atoms with Gasteiger partial charge in [-0.15, -0.1) is 0 Å². The normalized spacial score (nSPS) is 13.0. The number of ether oxygens (including phenoxy) is 3. The first kappa shape index (κ1) is 18.3. The fourth-order valence-corrected chi connectivity index (χ4v) is 3.39. The second-order valence-electron chi connectivity index (χ2n) is 5.80. The average Bonchev–Trinajstić information content (AvgIpc) is 3.08. The highest BCUT2D eigenvalue weighted by Crippen LogP contribution is 2.38. The van der Waals surface area contributed by atoms with E-state index in [1.54, 1.807) is 50.5 Å². The molecule has 0 unspecified atom stereocenters. The summed E-state index contributed by atoms with van der Waals surface area (Å²) in [5.74, 6) is 1.57. The minimum absolute atomic E-state index is 0.0596. The Morgan fingerprint density at radius 3 is 2.38 bits per heavy atom. The summed E-state index contributed by atoms with van der Waals surface area (Å²) in [6, 6.07) is 9.64. The van der Waals surface area contributed by atoms with Gasteiger partial charge in [-0.1, -0.05) is 22.0 Å². The summed E-state index contributed by atoms with van der Waals surface area (Å²) in [5, 5.41) is 0. The monoisotopic (exact) mass is 417 g/mol. The molecular formula is C20H20BrNO4. The Labute approximate surface area is 161 Å². The first-order chi connectivity index (χ1) is 12.6. The number of rotatable bonds is 5. The van der Waals surface area contributed by atoms with Gasteiger partial charge in [-0.2, -0.15) is 0 Å². The number of hydrogen-bond acceptors (Lipinski definition) is 4. The molecule has 136 valence electrons. The highest BCUT2D eigenvalue weighted by Gasteiger charge is 2.23. The first-order valence-corrected chi connectivity index (χ1v) is 8.94. The SMILES string of the molecule is COc1cc(/C=C/C(=O)N2CCc3ccc(Br)cc32)cc(OC)c1OC. The van der Waals surface area contributed by atoms with Crippen molar-refractivity contribution in [3.8, 4) is 17.2 Å². The van der Waals surface area contributed by atoms with Crippen molar-refractivity contribution in [1.82, 2.24) is 0 Å². The van der Waals surface area contributed by atoms with Gasteiger partial charge in [0, 0.05) is 22.8 Å². The van der Waals surface area contributed by atoms with E-state index in [1.165, 1.54) is 5.56 Å². The molecule has 3 rings (SSSR count). The maximum Gasteiger partial charge on any atom is 0.251 e. The number of methoxy groups -OCH3 is 3. The van der Waals surface area contributed by atoms with Crippen LogP contribution >= 0.6 is 15.9 Å². The van der Waals surface area contributed by atoms with Crippen molar-refractivity contribution in [3.05, 3.63) is 52.0 Å². The summed E-state index contributed by atoms with van der Waals surface area (Å²) < 4.78 is 17.0. The van der Waals surface area contributed by atoms with Crippen LogP contribution in [-0.2, 0) is 11.2 Å². The Hall–Kier alpha value is -2.47. The molecule has 0 N–H and O–H groups in total. The third-order valence-corrected chi connectivity index (χ3v) is 4.81. The van der Waals surface area contributed by atoms with Crippen molar-refractivity contribution in [2.24, 2.45) is 0 Å². The van der Waals surface area contributed by atoms with Gasteiger partial charge in [-0.05, 0) is 47.9 Å². The maximum atomic E-state index is 12.7. The molecular weight excluding hydrogens is 398 g/mol. The van der Waals surface area contributed by atoms with E-state index in [0.29, 0.717) is 23.8 Å². The second-order valence-corrected chi connectivity index (χ2v) is 6.72. The number of hydrogen-bond donors (Lipinski definition) is 0. The van der Waals surface area contributed by atoms with Crippen LogP contribution in [0.15, 0.2) is 40.9 Å². The molecule has 2 aromatic carbocycles. The molecule has 0 atom stereocenters. The average molecular weight is 418 g/mol. The lowest BCUT2D eigenvalue weighted by Crippen LogP contribution is -2.26. The summed E-state index contributed by atoms with van der Waals surface area (Å²) >= 11 is 3.47. The van der Waals surface area contributed by atoms with Crippen molar-refractivity contribution in [2.75, 3.05) is 32.8 Å². The molecule has 0 aromatic heterocycles. The topological polar surface area (TPSA) is 48.0 Å². The minimum atomic E-state index is -0.0596. The Kier molecular flexibility index (Phi) is 5.52. The molecule has 0 spiro atoms. The molecule has 2 aromatic rings. The molecule has 0 saturated heterocycles. The van der Waals surface area contributed by atoms with Gasteiger partial charge in [0.15, 0.2) is 11.5 Å². The molecule has 1 aliphatic heterocycles. The number of halogens is 1. The minimum Gasteiger partial charge on any atom is -0.493 e. The number of fused-ring (bicyclic) bond motifs is 1. The van der Waals surface area contributed by atoms with Gasteiger partial charge in [0.05, 0.1) is 21.3 Å². The Morgan fingerprint density at radius 2 is 1.77 bits per heavy atom. The van der Waals surface area contributed by atoms with E-state index < -0.39 is 0 Å². The maximum absolute atomic E-state index is 12.7. The third-order valence-electron chi connectivity index (χ3n) is 4.31. The molecule has 0 fully saturated rings. The van der Waals surface area contributed by atoms with Crippen LogP contribution in [0.5, 0.6) is 17.2 Å². The number of anilines is 1. The van der Waals surface area contributed by atoms with Gasteiger partial charge in [-0.3, -0.25) is 4.79 Å². The van der Waals surface area contributed by atoms with E-state index in [0.717, 1.165) is 22.1 Å². The van der Waals surface area contributed by atoms with Crippen LogP contribution in [0.4, 0.5) is 5.69 Å². The lowest BCUT2D eigenvalue weighted by molar-refractivity contribution is -0.114. The van der Waals surface area contributed by atoms with Crippen LogP contribution in [-0.4, -0.2) is 33.8 Å². The van der Waals surface area contributed by atoms with Crippen LogP contribution in [0, 0.1) is 0 Å². The summed E-state index contributed by atoms with van der Waals surface area (Å²) in [4.78, 5) is 14.4. The van der Waals surface area contributed by atoms with Crippen LogP contribution in [0.25, 0.3) is 6.08 Å². The number of benzene rings is 2. The van der Waals surface area contributed by atoms with E-state index >= 15 is 0 Å². The molecule has 6 heteroatoms. The molecule has 26 heavy (non-hydrogen) atoms. The highest BCUT2D eigenvalue weighted by atomic mass is 79.9. The van der Waals surface area contributed by atoms with E-state index in [-0.39, 0.29) is 5.91 Å². The first-order valence-electron chi connectivity index (χ1n) is 8.15. The summed E-state index contributed by atoms with van der Waals surface area (Å²) in [5.41, 5.74) is 2.93. The summed E-state index contributed by atoms with van der Waals surface area (Å²) in [7, 11) is 4.69. The molecule has 0 radical (unpaired) electrons. The molecule has 1 aliphatic rings. The van der Waals surface area contributed by atoms with Crippen LogP contribution < -0.4 is 19.1 Å². The zero-order valence-corrected chi connectivity index (χ0v) is 16.5. The molecule has 0 bridgehead atoms. The molecule has 0 aliphatic carbocycles. The third kappa shape index (κ3) is 3.55. The van der Waals surface area contributed by atoms with Gasteiger partial charge < -0.3 is 19.1 Å². The van der Waals surface area contributed by atoms with E-state index in [2.05, 4.69) is 22.0 Å². The highest BCUT2D eigenvalue weighted by molar-refractivity contribution is 9.10. The standard InChI is InChI=1S/C20H20BrNO4/c1-24-17-10-13(11-18(25-2)20(17)26-3)4-7-19(23)22-9-8-14-5-6-15(21)12-16(14)22/h4-7,10-12H,8-9H2,1-3H3/b7-4+. The van der Waals surface area contributed by atoms with Gasteiger partial charge in [0.25, 0.3) is 5.91 Å². The van der Waals surface area contributed by atoms with E-state index in [1.807, 2.05) is 12.1 Å². The molecule has 0 saturated carbocycles. The van der Waals surface area contributed by atoms with Gasteiger partial charge >= 0.3 is 0 Å². The fraction of sp³-hybridized carbons (Fsp3) is 0.250. The summed E-state index contributed by atoms with van der Waals surface area (Å²) in [6.45, 7) is 0.685. The fourth-order valence-electron chi connectivity index (χ4n) is 3.04. The van der Waals surface area contributed by atoms with Gasteiger partial charge in [0.1, 0.15) is 0 Å². The zero-order valence-electron chi connectivity index (χ0n) is 14.9. The number of carbonyl (C=O) groups excluding carboxylic acids is 1. The molecule has 1 amide bonds. The van der Waals surface area contributed by atoms with Crippen molar-refractivity contribution < 1.29 is 19.0 Å². The number of nitrogens with zero attached hydrogens (tertiary/aromatic N) is 1. The molecule has 1 heterocycles. The van der Waals surface area contributed by atoms with Crippen molar-refractivity contribution >= 4 is 33.6 Å². The van der Waals surface area contributed by atoms with Crippen molar-refractivity contribution in [1.29, 1.82) is 0 Å². The zero-order chi connectivity index (χ0) is 18.7. The Bertz CT molecular complexity index is 838. The predicted octanol–water partition coefficient (Wildman–Crippen LogP) is 4.08. The smallest absolute Gasteiger partial charge is 0.251 e. The second kappa shape index (κ2) is 7.83. The van der Waals surface area contributed by atoms with Crippen LogP contribution in [0.2, 0.25) is 0 Å². The lowest BCUT2D eigenvalue weighted by atomic mass is 10.1. The largest absolute Gasteiger partial charge is 0.493 e. The summed E-state index contributed by atoms with van der Waals surface area (Å²) in [6.07, 6.45) is 4.19. The van der Waals surface area contributed by atoms with E-state index in [4.69, 9.17) is 14.2 Å². The predicted molar refractivity (Wildman–Crippen MR) is 105 cm³/mol. The Morgan fingerprint density at radius 1 is 1.08 bits per heavy atom. The molecule has 5 nitrogen and oxygen atoms in total. The quantitative estimate of drug-likeness (QED) is 0.687. The number of carbonyl (C=O) groups is 1. The van der Waals surface area contributed by atoms with Crippen molar-refractivity contribution in [2.45, 2.75) is 6.42 Å². The number of amides is 1. The van der Waals surface area contributed by atoms with Crippen molar-refractivity contribution in [3.63, 3.8) is 0 Å². The van der Waals surface area contributed by atoms with Gasteiger partial charge in [0.2, 0.25) is 5.75 Å².